The van der Waals surface area contributed by atoms with Gasteiger partial charge in [0.05, 0.1) is 32.6 Å². The summed E-state index contributed by atoms with van der Waals surface area (Å²) in [5, 5.41) is 2.39. The highest BCUT2D eigenvalue weighted by Crippen LogP contribution is 2.33. The van der Waals surface area contributed by atoms with Crippen LogP contribution >= 0.6 is 0 Å². The molecule has 0 saturated carbocycles. The zero-order valence-corrected chi connectivity index (χ0v) is 10.8. The largest absolute Gasteiger partial charge is 0.493 e. The molecule has 1 rings (SSSR count). The molecule has 0 heterocycles. The van der Waals surface area contributed by atoms with E-state index in [2.05, 4.69) is 10.1 Å². The molecule has 1 aromatic carbocycles. The summed E-state index contributed by atoms with van der Waals surface area (Å²) in [4.78, 5) is 22.9. The molecule has 0 unspecified atom stereocenters. The number of benzene rings is 1. The second kappa shape index (κ2) is 6.31. The lowest BCUT2D eigenvalue weighted by Crippen LogP contribution is -2.13. The number of carbonyl (C=O) groups excluding carboxylic acids is 2. The molecule has 6 nitrogen and oxygen atoms in total. The highest BCUT2D eigenvalue weighted by Gasteiger charge is 2.18. The van der Waals surface area contributed by atoms with Gasteiger partial charge in [-0.1, -0.05) is 0 Å². The van der Waals surface area contributed by atoms with E-state index in [-0.39, 0.29) is 11.3 Å². The zero-order chi connectivity index (χ0) is 14.4. The predicted octanol–water partition coefficient (Wildman–Crippen LogP) is 1.06. The summed E-state index contributed by atoms with van der Waals surface area (Å²) in [6.07, 6.45) is 4.97. The van der Waals surface area contributed by atoms with Gasteiger partial charge in [0.25, 0.3) is 5.91 Å². The molecule has 0 aliphatic heterocycles. The molecule has 1 N–H and O–H groups in total. The monoisotopic (exact) mass is 263 g/mol. The molecule has 0 atom stereocenters. The zero-order valence-electron chi connectivity index (χ0n) is 10.8. The maximum absolute atomic E-state index is 11.7. The Morgan fingerprint density at radius 1 is 1.16 bits per heavy atom. The van der Waals surface area contributed by atoms with Gasteiger partial charge in [0.1, 0.15) is 0 Å². The third-order valence-electron chi connectivity index (χ3n) is 2.31. The fourth-order valence-electron chi connectivity index (χ4n) is 1.42. The molecule has 0 radical (unpaired) electrons. The second-order valence-corrected chi connectivity index (χ2v) is 3.34. The van der Waals surface area contributed by atoms with E-state index in [9.17, 15) is 9.59 Å². The van der Waals surface area contributed by atoms with Gasteiger partial charge in [-0.3, -0.25) is 4.79 Å². The van der Waals surface area contributed by atoms with Gasteiger partial charge >= 0.3 is 5.97 Å². The van der Waals surface area contributed by atoms with Gasteiger partial charge in [-0.15, -0.1) is 6.42 Å². The average molecular weight is 263 g/mol. The van der Waals surface area contributed by atoms with E-state index in [4.69, 9.17) is 15.9 Å². The molecule has 0 saturated heterocycles. The molecule has 19 heavy (non-hydrogen) atoms. The van der Waals surface area contributed by atoms with Crippen LogP contribution in [-0.2, 0) is 9.53 Å². The molecule has 1 amide bonds. The molecule has 0 bridgehead atoms. The maximum Gasteiger partial charge on any atom is 0.340 e. The van der Waals surface area contributed by atoms with Crippen LogP contribution in [0.15, 0.2) is 12.1 Å². The minimum absolute atomic E-state index is 0.115. The minimum atomic E-state index is -0.683. The predicted molar refractivity (Wildman–Crippen MR) is 68.3 cm³/mol. The van der Waals surface area contributed by atoms with Crippen LogP contribution in [0, 0.1) is 12.3 Å². The Bertz CT molecular complexity index is 545. The Labute approximate surface area is 110 Å². The number of hydrogen-bond acceptors (Lipinski definition) is 5. The van der Waals surface area contributed by atoms with E-state index in [1.807, 2.05) is 5.92 Å². The van der Waals surface area contributed by atoms with E-state index in [0.717, 1.165) is 0 Å². The van der Waals surface area contributed by atoms with Crippen LogP contribution in [-0.4, -0.2) is 33.2 Å². The molecular formula is C13H13NO5. The smallest absolute Gasteiger partial charge is 0.340 e. The van der Waals surface area contributed by atoms with Crippen LogP contribution in [0.2, 0.25) is 0 Å². The summed E-state index contributed by atoms with van der Waals surface area (Å²) >= 11 is 0. The first-order chi connectivity index (χ1) is 9.07. The molecule has 0 aliphatic carbocycles. The summed E-state index contributed by atoms with van der Waals surface area (Å²) in [7, 11) is 4.09. The number of esters is 1. The summed E-state index contributed by atoms with van der Waals surface area (Å²) in [6.45, 7) is 0. The van der Waals surface area contributed by atoms with Crippen LogP contribution in [0.5, 0.6) is 11.5 Å². The average Bonchev–Trinajstić information content (AvgIpc) is 2.45. The van der Waals surface area contributed by atoms with Crippen molar-refractivity contribution in [1.29, 1.82) is 0 Å². The number of rotatable bonds is 4. The van der Waals surface area contributed by atoms with Crippen LogP contribution < -0.4 is 14.8 Å². The summed E-state index contributed by atoms with van der Waals surface area (Å²) in [6, 6.07) is 2.83. The number of carbonyl (C=O) groups is 2. The number of hydrogen-bond donors (Lipinski definition) is 1. The highest BCUT2D eigenvalue weighted by molar-refractivity contribution is 6.08. The fraction of sp³-hybridized carbons (Fsp3) is 0.231. The van der Waals surface area contributed by atoms with Crippen molar-refractivity contribution in [3.8, 4) is 23.8 Å². The first-order valence-electron chi connectivity index (χ1n) is 5.19. The molecule has 1 aromatic rings. The number of amides is 1. The van der Waals surface area contributed by atoms with Crippen molar-refractivity contribution in [2.75, 3.05) is 26.6 Å². The molecule has 0 aromatic heterocycles. The van der Waals surface area contributed by atoms with Gasteiger partial charge in [0.15, 0.2) is 11.5 Å². The van der Waals surface area contributed by atoms with Crippen molar-refractivity contribution >= 4 is 17.6 Å². The standard InChI is InChI=1S/C13H13NO5/c1-5-12(15)14-9-7-11(18-3)10(17-2)6-8(9)13(16)19-4/h1,6-7H,2-4H3,(H,14,15). The van der Waals surface area contributed by atoms with E-state index < -0.39 is 11.9 Å². The van der Waals surface area contributed by atoms with Gasteiger partial charge in [-0.25, -0.2) is 4.79 Å². The number of ether oxygens (including phenoxy) is 3. The number of nitrogens with one attached hydrogen (secondary N) is 1. The van der Waals surface area contributed by atoms with Gasteiger partial charge in [-0.2, -0.15) is 0 Å². The number of anilines is 1. The first-order valence-corrected chi connectivity index (χ1v) is 5.19. The number of terminal acetylenes is 1. The van der Waals surface area contributed by atoms with Gasteiger partial charge < -0.3 is 19.5 Å². The quantitative estimate of drug-likeness (QED) is 0.649. The van der Waals surface area contributed by atoms with Crippen LogP contribution in [0.3, 0.4) is 0 Å². The molecule has 6 heteroatoms. The first kappa shape index (κ1) is 14.4. The van der Waals surface area contributed by atoms with Crippen LogP contribution in [0.25, 0.3) is 0 Å². The highest BCUT2D eigenvalue weighted by atomic mass is 16.5. The van der Waals surface area contributed by atoms with E-state index in [1.54, 1.807) is 0 Å². The summed E-state index contributed by atoms with van der Waals surface area (Å²) < 4.78 is 14.8. The molecular weight excluding hydrogens is 250 g/mol. The lowest BCUT2D eigenvalue weighted by atomic mass is 10.1. The Balaban J connectivity index is 3.36. The van der Waals surface area contributed by atoms with Crippen molar-refractivity contribution in [3.63, 3.8) is 0 Å². The minimum Gasteiger partial charge on any atom is -0.493 e. The van der Waals surface area contributed by atoms with Gasteiger partial charge in [0.2, 0.25) is 0 Å². The lowest BCUT2D eigenvalue weighted by Gasteiger charge is -2.13. The van der Waals surface area contributed by atoms with Gasteiger partial charge in [-0.05, 0) is 5.92 Å². The third-order valence-corrected chi connectivity index (χ3v) is 2.31. The molecule has 0 fully saturated rings. The normalized spacial score (nSPS) is 9.16. The Hall–Kier alpha value is -2.68. The van der Waals surface area contributed by atoms with Crippen molar-refractivity contribution in [3.05, 3.63) is 17.7 Å². The summed E-state index contributed by atoms with van der Waals surface area (Å²) in [5.41, 5.74) is 0.302. The lowest BCUT2D eigenvalue weighted by molar-refractivity contribution is -0.111. The van der Waals surface area contributed by atoms with E-state index in [0.29, 0.717) is 11.5 Å². The SMILES string of the molecule is C#CC(=O)Nc1cc(OC)c(OC)cc1C(=O)OC. The maximum atomic E-state index is 11.7. The Morgan fingerprint density at radius 3 is 2.21 bits per heavy atom. The van der Waals surface area contributed by atoms with E-state index in [1.165, 1.54) is 33.5 Å². The van der Waals surface area contributed by atoms with E-state index >= 15 is 0 Å². The topological polar surface area (TPSA) is 73.9 Å². The summed E-state index contributed by atoms with van der Waals surface area (Å²) in [5.74, 6) is 1.26. The van der Waals surface area contributed by atoms with Crippen LogP contribution in [0.4, 0.5) is 5.69 Å². The van der Waals surface area contributed by atoms with Crippen molar-refractivity contribution in [2.24, 2.45) is 0 Å². The third kappa shape index (κ3) is 3.16. The Morgan fingerprint density at radius 2 is 1.74 bits per heavy atom. The molecule has 100 valence electrons. The van der Waals surface area contributed by atoms with Gasteiger partial charge in [0, 0.05) is 12.1 Å². The fourth-order valence-corrected chi connectivity index (χ4v) is 1.42. The molecule has 0 spiro atoms. The van der Waals surface area contributed by atoms with Crippen molar-refractivity contribution in [1.82, 2.24) is 0 Å². The van der Waals surface area contributed by atoms with Crippen molar-refractivity contribution < 1.29 is 23.8 Å². The number of methoxy groups -OCH3 is 3. The second-order valence-electron chi connectivity index (χ2n) is 3.34. The van der Waals surface area contributed by atoms with Crippen LogP contribution in [0.1, 0.15) is 10.4 Å². The molecule has 0 aliphatic rings. The van der Waals surface area contributed by atoms with Crippen molar-refractivity contribution in [2.45, 2.75) is 0 Å². The Kier molecular flexibility index (Phi) is 4.77.